The number of carbonyl (C=O) groups is 1. The monoisotopic (exact) mass is 585 g/mol. The van der Waals surface area contributed by atoms with Gasteiger partial charge in [-0.05, 0) is 56.7 Å². The van der Waals surface area contributed by atoms with Gasteiger partial charge < -0.3 is 19.7 Å². The molecule has 41 heavy (non-hydrogen) atoms. The van der Waals surface area contributed by atoms with E-state index in [1.807, 2.05) is 19.9 Å². The highest BCUT2D eigenvalue weighted by molar-refractivity contribution is 6.29. The lowest BCUT2D eigenvalue weighted by atomic mass is 9.99. The molecule has 0 radical (unpaired) electrons. The number of rotatable bonds is 6. The molecular weight excluding hydrogens is 559 g/mol. The summed E-state index contributed by atoms with van der Waals surface area (Å²) in [5.74, 6) is -4.24. The summed E-state index contributed by atoms with van der Waals surface area (Å²) in [5, 5.41) is 13.7. The van der Waals surface area contributed by atoms with Crippen LogP contribution in [0.1, 0.15) is 52.9 Å². The molecule has 5 rings (SSSR count). The van der Waals surface area contributed by atoms with Crippen molar-refractivity contribution >= 4 is 40.4 Å². The molecule has 1 fully saturated rings. The summed E-state index contributed by atoms with van der Waals surface area (Å²) < 4.78 is 48.4. The third-order valence-corrected chi connectivity index (χ3v) is 7.55. The lowest BCUT2D eigenvalue weighted by Crippen LogP contribution is -2.40. The maximum atomic E-state index is 14.4. The molecule has 0 spiro atoms. The normalized spacial score (nSPS) is 15.6. The number of nitrogens with zero attached hydrogens (tertiary/aromatic N) is 2. The van der Waals surface area contributed by atoms with Crippen LogP contribution in [0.25, 0.3) is 22.2 Å². The van der Waals surface area contributed by atoms with E-state index in [0.29, 0.717) is 34.1 Å². The van der Waals surface area contributed by atoms with Crippen molar-refractivity contribution in [3.05, 3.63) is 79.8 Å². The maximum Gasteiger partial charge on any atom is 0.251 e. The van der Waals surface area contributed by atoms with E-state index in [2.05, 4.69) is 10.3 Å². The highest BCUT2D eigenvalue weighted by atomic mass is 35.5. The van der Waals surface area contributed by atoms with E-state index in [4.69, 9.17) is 16.0 Å². The molecule has 2 aromatic carbocycles. The zero-order valence-electron chi connectivity index (χ0n) is 22.5. The minimum atomic E-state index is -2.75. The number of aromatic nitrogens is 1. The summed E-state index contributed by atoms with van der Waals surface area (Å²) in [5.41, 5.74) is 2.50. The summed E-state index contributed by atoms with van der Waals surface area (Å²) in [6.45, 7) is 5.43. The molecule has 1 unspecified atom stereocenters. The smallest absolute Gasteiger partial charge is 0.251 e. The zero-order valence-corrected chi connectivity index (χ0v) is 23.3. The summed E-state index contributed by atoms with van der Waals surface area (Å²) in [4.78, 5) is 30.8. The molecule has 2 aromatic heterocycles. The summed E-state index contributed by atoms with van der Waals surface area (Å²) >= 11 is 6.15. The Labute approximate surface area is 238 Å². The van der Waals surface area contributed by atoms with E-state index in [1.165, 1.54) is 6.07 Å². The van der Waals surface area contributed by atoms with E-state index in [-0.39, 0.29) is 59.2 Å². The van der Waals surface area contributed by atoms with Crippen molar-refractivity contribution in [1.82, 2.24) is 4.98 Å². The fourth-order valence-corrected chi connectivity index (χ4v) is 5.29. The fourth-order valence-electron chi connectivity index (χ4n) is 5.15. The number of hydrogen-bond donors (Lipinski definition) is 2. The number of phenols is 1. The number of piperidine rings is 1. The minimum absolute atomic E-state index is 0.0586. The van der Waals surface area contributed by atoms with Crippen LogP contribution >= 0.6 is 11.6 Å². The number of benzene rings is 2. The second kappa shape index (κ2) is 10.7. The van der Waals surface area contributed by atoms with Crippen LogP contribution in [0.4, 0.5) is 24.7 Å². The van der Waals surface area contributed by atoms with Crippen molar-refractivity contribution in [3.63, 3.8) is 0 Å². The number of halogens is 4. The second-order valence-corrected chi connectivity index (χ2v) is 10.7. The Hall–Kier alpha value is -4.05. The van der Waals surface area contributed by atoms with Gasteiger partial charge in [-0.1, -0.05) is 17.7 Å². The summed E-state index contributed by atoms with van der Waals surface area (Å²) in [6.07, 6.45) is -0.321. The molecule has 11 heteroatoms. The SMILES string of the molecule is Cc1cc(C(C)Nc2ccc(Cl)nc2-c2cc(F)c(O)c(C=O)c2)c2oc(N3CCC(F)(F)CC3)c(C)c(=O)c2c1. The van der Waals surface area contributed by atoms with Crippen LogP contribution in [0.2, 0.25) is 5.15 Å². The van der Waals surface area contributed by atoms with Crippen molar-refractivity contribution in [2.24, 2.45) is 0 Å². The van der Waals surface area contributed by atoms with E-state index in [0.717, 1.165) is 11.6 Å². The van der Waals surface area contributed by atoms with Crippen molar-refractivity contribution < 1.29 is 27.5 Å². The number of hydrogen-bond acceptors (Lipinski definition) is 7. The number of aldehydes is 1. The first kappa shape index (κ1) is 28.5. The van der Waals surface area contributed by atoms with Gasteiger partial charge in [0, 0.05) is 37.1 Å². The number of aryl methyl sites for hydroxylation is 1. The van der Waals surface area contributed by atoms with Gasteiger partial charge in [-0.15, -0.1) is 0 Å². The number of carbonyl (C=O) groups excluding carboxylic acids is 1. The molecular formula is C30H27ClF3N3O4. The van der Waals surface area contributed by atoms with Gasteiger partial charge in [-0.25, -0.2) is 18.2 Å². The molecule has 1 aliphatic rings. The molecule has 1 saturated heterocycles. The first-order chi connectivity index (χ1) is 19.4. The van der Waals surface area contributed by atoms with Crippen LogP contribution < -0.4 is 15.6 Å². The predicted octanol–water partition coefficient (Wildman–Crippen LogP) is 7.19. The molecule has 214 valence electrons. The van der Waals surface area contributed by atoms with Crippen LogP contribution in [-0.2, 0) is 0 Å². The molecule has 7 nitrogen and oxygen atoms in total. The molecule has 0 amide bonds. The maximum absolute atomic E-state index is 14.4. The average Bonchev–Trinajstić information content (AvgIpc) is 2.93. The minimum Gasteiger partial charge on any atom is -0.504 e. The lowest BCUT2D eigenvalue weighted by Gasteiger charge is -2.33. The van der Waals surface area contributed by atoms with Crippen LogP contribution in [0.3, 0.4) is 0 Å². The topological polar surface area (TPSA) is 95.7 Å². The van der Waals surface area contributed by atoms with E-state index in [1.54, 1.807) is 30.0 Å². The summed E-state index contributed by atoms with van der Waals surface area (Å²) in [7, 11) is 0. The lowest BCUT2D eigenvalue weighted by molar-refractivity contribution is -0.0225. The fraction of sp³-hybridized carbons (Fsp3) is 0.300. The third-order valence-electron chi connectivity index (χ3n) is 7.34. The van der Waals surface area contributed by atoms with Crippen LogP contribution in [0.5, 0.6) is 5.75 Å². The number of alkyl halides is 2. The molecule has 1 aliphatic heterocycles. The molecule has 2 N–H and O–H groups in total. The van der Waals surface area contributed by atoms with Gasteiger partial charge in [-0.2, -0.15) is 0 Å². The van der Waals surface area contributed by atoms with Crippen LogP contribution in [0.15, 0.2) is 45.6 Å². The van der Waals surface area contributed by atoms with Gasteiger partial charge in [0.25, 0.3) is 5.92 Å². The Balaban J connectivity index is 1.59. The van der Waals surface area contributed by atoms with E-state index in [9.17, 15) is 27.9 Å². The molecule has 0 aliphatic carbocycles. The number of pyridine rings is 1. The highest BCUT2D eigenvalue weighted by Crippen LogP contribution is 2.37. The molecule has 1 atom stereocenters. The average molecular weight is 586 g/mol. The van der Waals surface area contributed by atoms with Gasteiger partial charge in [-0.3, -0.25) is 9.59 Å². The van der Waals surface area contributed by atoms with Crippen LogP contribution in [0, 0.1) is 19.7 Å². The molecule has 3 heterocycles. The Morgan fingerprint density at radius 1 is 1.17 bits per heavy atom. The largest absolute Gasteiger partial charge is 0.504 e. The number of nitrogens with one attached hydrogen (secondary N) is 1. The van der Waals surface area contributed by atoms with Crippen molar-refractivity contribution in [2.75, 3.05) is 23.3 Å². The zero-order chi connectivity index (χ0) is 29.6. The van der Waals surface area contributed by atoms with Crippen molar-refractivity contribution in [3.8, 4) is 17.0 Å². The molecule has 0 bridgehead atoms. The van der Waals surface area contributed by atoms with E-state index < -0.39 is 23.5 Å². The number of fused-ring (bicyclic) bond motifs is 1. The van der Waals surface area contributed by atoms with Gasteiger partial charge >= 0.3 is 0 Å². The van der Waals surface area contributed by atoms with Gasteiger partial charge in [0.2, 0.25) is 5.88 Å². The first-order valence-electron chi connectivity index (χ1n) is 13.0. The standard InChI is InChI=1S/C30H27ClF3N3O4/c1-15-10-20(28-21(11-15)26(39)16(2)29(41-28)37-8-6-30(33,34)7-9-37)17(3)35-23-4-5-24(31)36-25(23)18-12-19(14-38)27(40)22(32)13-18/h4-5,10-14,17,35,40H,6-9H2,1-3H3. The first-order valence-corrected chi connectivity index (χ1v) is 13.4. The van der Waals surface area contributed by atoms with E-state index >= 15 is 0 Å². The molecule has 0 saturated carbocycles. The van der Waals surface area contributed by atoms with Gasteiger partial charge in [0.05, 0.1) is 33.9 Å². The Morgan fingerprint density at radius 2 is 1.88 bits per heavy atom. The number of phenolic OH excluding ortho intramolecular Hbond substituents is 1. The van der Waals surface area contributed by atoms with Crippen LogP contribution in [-0.4, -0.2) is 35.4 Å². The Kier molecular flexibility index (Phi) is 7.46. The van der Waals surface area contributed by atoms with Crippen molar-refractivity contribution in [2.45, 2.75) is 45.6 Å². The Bertz CT molecular complexity index is 1730. The number of anilines is 2. The van der Waals surface area contributed by atoms with Crippen molar-refractivity contribution in [1.29, 1.82) is 0 Å². The summed E-state index contributed by atoms with van der Waals surface area (Å²) in [6, 6.07) is 8.64. The third kappa shape index (κ3) is 5.48. The van der Waals surface area contributed by atoms with Gasteiger partial charge in [0.1, 0.15) is 10.7 Å². The predicted molar refractivity (Wildman–Crippen MR) is 152 cm³/mol. The highest BCUT2D eigenvalue weighted by Gasteiger charge is 2.35. The Morgan fingerprint density at radius 3 is 2.56 bits per heavy atom. The quantitative estimate of drug-likeness (QED) is 0.183. The van der Waals surface area contributed by atoms with Gasteiger partial charge in [0.15, 0.2) is 23.3 Å². The second-order valence-electron chi connectivity index (χ2n) is 10.3. The molecule has 4 aromatic rings. The number of aromatic hydroxyl groups is 1.